The van der Waals surface area contributed by atoms with E-state index in [-0.39, 0.29) is 83.9 Å². The summed E-state index contributed by atoms with van der Waals surface area (Å²) < 4.78 is 16.7. The number of benzene rings is 1. The van der Waals surface area contributed by atoms with Gasteiger partial charge in [0.05, 0.1) is 31.2 Å². The number of Topliss-reactive ketones (excluding diaryl/α,β-unsaturated/α-hetero) is 3. The predicted molar refractivity (Wildman–Crippen MR) is 231 cm³/mol. The Hall–Kier alpha value is -3.60. The SMILES string of the molecule is CC[C@H](C)[C@@H]([C@@H](CC(=O)C1CCC[C@H]1[C@H](C)[C@@H](C)C(=O)C[C@@H](Cc1ccccc1)C(=O)OC)OC)N(C)C(=O)[C@@H](CC(=O)[C@H](C(C)C)N(C)C(=O)OC(C)(C)C)C(C)C. The largest absolute Gasteiger partial charge is 0.469 e. The minimum atomic E-state index is -0.776. The minimum absolute atomic E-state index is 0.00452. The van der Waals surface area contributed by atoms with Gasteiger partial charge in [-0.15, -0.1) is 0 Å². The van der Waals surface area contributed by atoms with Crippen LogP contribution >= 0.6 is 0 Å². The molecule has 1 aliphatic carbocycles. The fraction of sp³-hybridized carbons (Fsp3) is 0.750. The van der Waals surface area contributed by atoms with Crippen molar-refractivity contribution in [3.8, 4) is 0 Å². The molecule has 1 aromatic rings. The molecule has 0 radical (unpaired) electrons. The minimum Gasteiger partial charge on any atom is -0.469 e. The molecule has 1 aromatic carbocycles. The van der Waals surface area contributed by atoms with E-state index in [9.17, 15) is 28.8 Å². The molecule has 11 heteroatoms. The lowest BCUT2D eigenvalue weighted by molar-refractivity contribution is -0.148. The molecule has 10 atom stereocenters. The number of hydrogen-bond donors (Lipinski definition) is 0. The molecule has 0 heterocycles. The smallest absolute Gasteiger partial charge is 0.410 e. The molecule has 0 spiro atoms. The Kier molecular flexibility index (Phi) is 20.5. The molecule has 334 valence electrons. The van der Waals surface area contributed by atoms with Gasteiger partial charge in [0.15, 0.2) is 5.78 Å². The fourth-order valence-electron chi connectivity index (χ4n) is 9.18. The van der Waals surface area contributed by atoms with Gasteiger partial charge in [-0.05, 0) is 75.2 Å². The summed E-state index contributed by atoms with van der Waals surface area (Å²) in [4.78, 5) is 85.4. The Bertz CT molecular complexity index is 1540. The lowest BCUT2D eigenvalue weighted by Gasteiger charge is -2.40. The summed E-state index contributed by atoms with van der Waals surface area (Å²) in [6.07, 6.45) is 2.52. The van der Waals surface area contributed by atoms with Gasteiger partial charge < -0.3 is 24.0 Å². The maximum Gasteiger partial charge on any atom is 0.410 e. The highest BCUT2D eigenvalue weighted by molar-refractivity contribution is 5.92. The van der Waals surface area contributed by atoms with Crippen LogP contribution in [0.2, 0.25) is 0 Å². The van der Waals surface area contributed by atoms with Crippen LogP contribution in [0.1, 0.15) is 127 Å². The number of likely N-dealkylation sites (N-methyl/N-ethyl adjacent to an activating group) is 2. The highest BCUT2D eigenvalue weighted by Gasteiger charge is 2.44. The van der Waals surface area contributed by atoms with Crippen LogP contribution in [0.3, 0.4) is 0 Å². The maximum absolute atomic E-state index is 14.5. The second-order valence-electron chi connectivity index (χ2n) is 19.0. The van der Waals surface area contributed by atoms with E-state index < -0.39 is 47.7 Å². The zero-order valence-electron chi connectivity index (χ0n) is 39.0. The molecule has 11 nitrogen and oxygen atoms in total. The third kappa shape index (κ3) is 14.5. The molecule has 1 saturated carbocycles. The van der Waals surface area contributed by atoms with E-state index in [1.165, 1.54) is 12.0 Å². The molecule has 0 bridgehead atoms. The summed E-state index contributed by atoms with van der Waals surface area (Å²) in [5, 5.41) is 0. The number of carbonyl (C=O) groups is 6. The van der Waals surface area contributed by atoms with Crippen molar-refractivity contribution in [2.24, 2.45) is 53.3 Å². The van der Waals surface area contributed by atoms with Crippen LogP contribution in [0, 0.1) is 53.3 Å². The van der Waals surface area contributed by atoms with Crippen molar-refractivity contribution in [2.45, 2.75) is 151 Å². The third-order valence-electron chi connectivity index (χ3n) is 13.0. The van der Waals surface area contributed by atoms with Crippen molar-refractivity contribution >= 4 is 35.3 Å². The van der Waals surface area contributed by atoms with Crippen LogP contribution in [-0.4, -0.2) is 97.2 Å². The Balaban J connectivity index is 2.28. The summed E-state index contributed by atoms with van der Waals surface area (Å²) in [7, 11) is 6.24. The van der Waals surface area contributed by atoms with Crippen LogP contribution in [0.5, 0.6) is 0 Å². The molecular weight excluding hydrogens is 749 g/mol. The van der Waals surface area contributed by atoms with E-state index in [1.54, 1.807) is 46.9 Å². The number of nitrogens with zero attached hydrogens (tertiary/aromatic N) is 2. The lowest BCUT2D eigenvalue weighted by Crippen LogP contribution is -2.53. The number of methoxy groups -OCH3 is 2. The zero-order valence-corrected chi connectivity index (χ0v) is 39.0. The molecular formula is C48H78N2O9. The molecule has 0 N–H and O–H groups in total. The monoisotopic (exact) mass is 827 g/mol. The molecule has 2 rings (SSSR count). The number of hydrogen-bond acceptors (Lipinski definition) is 9. The summed E-state index contributed by atoms with van der Waals surface area (Å²) in [5.41, 5.74) is 0.234. The molecule has 1 aliphatic rings. The summed E-state index contributed by atoms with van der Waals surface area (Å²) in [6, 6.07) is 8.39. The van der Waals surface area contributed by atoms with Crippen molar-refractivity contribution < 1.29 is 43.0 Å². The second kappa shape index (κ2) is 23.4. The summed E-state index contributed by atoms with van der Waals surface area (Å²) in [5.74, 6) is -3.13. The Morgan fingerprint density at radius 2 is 1.41 bits per heavy atom. The molecule has 0 saturated heterocycles. The molecule has 59 heavy (non-hydrogen) atoms. The number of ether oxygens (including phenoxy) is 3. The third-order valence-corrected chi connectivity index (χ3v) is 13.0. The highest BCUT2D eigenvalue weighted by Crippen LogP contribution is 2.42. The van der Waals surface area contributed by atoms with Gasteiger partial charge in [0, 0.05) is 58.2 Å². The summed E-state index contributed by atoms with van der Waals surface area (Å²) in [6.45, 7) is 21.0. The normalized spacial score (nSPS) is 19.8. The van der Waals surface area contributed by atoms with Gasteiger partial charge in [-0.2, -0.15) is 0 Å². The number of esters is 1. The van der Waals surface area contributed by atoms with Crippen LogP contribution in [0.15, 0.2) is 30.3 Å². The van der Waals surface area contributed by atoms with E-state index in [0.717, 1.165) is 31.2 Å². The quantitative estimate of drug-likeness (QED) is 0.0994. The van der Waals surface area contributed by atoms with Crippen molar-refractivity contribution in [2.75, 3.05) is 28.3 Å². The van der Waals surface area contributed by atoms with Gasteiger partial charge in [-0.3, -0.25) is 24.0 Å². The number of rotatable bonds is 23. The van der Waals surface area contributed by atoms with E-state index >= 15 is 0 Å². The first-order chi connectivity index (χ1) is 27.5. The molecule has 0 aromatic heterocycles. The first-order valence-corrected chi connectivity index (χ1v) is 22.0. The van der Waals surface area contributed by atoms with Crippen molar-refractivity contribution in [1.82, 2.24) is 9.80 Å². The van der Waals surface area contributed by atoms with E-state index in [2.05, 4.69) is 6.92 Å². The van der Waals surface area contributed by atoms with Gasteiger partial charge in [0.25, 0.3) is 0 Å². The van der Waals surface area contributed by atoms with Gasteiger partial charge in [-0.1, -0.05) is 98.6 Å². The predicted octanol–water partition coefficient (Wildman–Crippen LogP) is 8.64. The lowest BCUT2D eigenvalue weighted by atomic mass is 9.73. The van der Waals surface area contributed by atoms with Gasteiger partial charge in [0.2, 0.25) is 5.91 Å². The fourth-order valence-corrected chi connectivity index (χ4v) is 9.18. The number of amides is 2. The molecule has 0 aliphatic heterocycles. The Labute approximate surface area is 356 Å². The Morgan fingerprint density at radius 1 is 0.797 bits per heavy atom. The molecule has 1 fully saturated rings. The first-order valence-electron chi connectivity index (χ1n) is 22.0. The zero-order chi connectivity index (χ0) is 44.9. The maximum atomic E-state index is 14.5. The Morgan fingerprint density at radius 3 is 1.92 bits per heavy atom. The average Bonchev–Trinajstić information content (AvgIpc) is 3.67. The standard InChI is InChI=1S/C48H78N2O9/c1-16-31(6)44(49(12)45(54)38(29(2)3)27-41(53)43(30(4)5)50(13)47(56)59-48(9,10)11)42(57-14)28-40(52)37-24-20-23-36(37)32(7)33(8)39(51)26-35(46(55)58-15)25-34-21-18-17-19-22-34/h17-19,21-22,29-33,35-38,42-44H,16,20,23-28H2,1-15H3/t31-,32+,33+,35+,36-,37?,38-,42+,43-,44-/m0/s1. The molecule has 2 amide bonds. The van der Waals surface area contributed by atoms with Crippen LogP contribution in [-0.2, 0) is 44.6 Å². The van der Waals surface area contributed by atoms with Crippen LogP contribution in [0.25, 0.3) is 0 Å². The van der Waals surface area contributed by atoms with Gasteiger partial charge in [-0.25, -0.2) is 4.79 Å². The topological polar surface area (TPSA) is 137 Å². The molecule has 1 unspecified atom stereocenters. The van der Waals surface area contributed by atoms with Crippen molar-refractivity contribution in [1.29, 1.82) is 0 Å². The second-order valence-corrected chi connectivity index (χ2v) is 19.0. The average molecular weight is 827 g/mol. The number of carbonyl (C=O) groups excluding carboxylic acids is 6. The van der Waals surface area contributed by atoms with E-state index in [1.807, 2.05) is 78.8 Å². The highest BCUT2D eigenvalue weighted by atomic mass is 16.6. The van der Waals surface area contributed by atoms with Crippen molar-refractivity contribution in [3.05, 3.63) is 35.9 Å². The van der Waals surface area contributed by atoms with Crippen LogP contribution in [0.4, 0.5) is 4.79 Å². The van der Waals surface area contributed by atoms with E-state index in [4.69, 9.17) is 14.2 Å². The first kappa shape index (κ1) is 51.5. The van der Waals surface area contributed by atoms with Crippen LogP contribution < -0.4 is 0 Å². The summed E-state index contributed by atoms with van der Waals surface area (Å²) >= 11 is 0. The number of ketones is 3. The van der Waals surface area contributed by atoms with Crippen molar-refractivity contribution in [3.63, 3.8) is 0 Å². The van der Waals surface area contributed by atoms with Gasteiger partial charge >= 0.3 is 12.1 Å². The van der Waals surface area contributed by atoms with E-state index in [0.29, 0.717) is 6.42 Å². The van der Waals surface area contributed by atoms with Gasteiger partial charge in [0.1, 0.15) is 17.2 Å².